The summed E-state index contributed by atoms with van der Waals surface area (Å²) in [6.07, 6.45) is 1.81. The van der Waals surface area contributed by atoms with Gasteiger partial charge in [-0.25, -0.2) is 14.4 Å². The van der Waals surface area contributed by atoms with Gasteiger partial charge in [0.05, 0.1) is 29.1 Å². The Morgan fingerprint density at radius 3 is 2.67 bits per heavy atom. The maximum Gasteiger partial charge on any atom is 0.435 e. The van der Waals surface area contributed by atoms with Crippen LogP contribution in [0, 0.1) is 30.0 Å². The van der Waals surface area contributed by atoms with Crippen LogP contribution in [-0.2, 0) is 17.5 Å². The Labute approximate surface area is 254 Å². The molecule has 0 spiro atoms. The minimum absolute atomic E-state index is 0.0578. The first-order valence-electron chi connectivity index (χ1n) is 14.2. The van der Waals surface area contributed by atoms with Crippen LogP contribution in [0.5, 0.6) is 0 Å². The number of anilines is 2. The van der Waals surface area contributed by atoms with E-state index in [4.69, 9.17) is 5.26 Å². The Kier molecular flexibility index (Phi) is 9.00. The van der Waals surface area contributed by atoms with Crippen molar-refractivity contribution in [2.45, 2.75) is 45.5 Å². The molecule has 4 heterocycles. The second-order valence-electron chi connectivity index (χ2n) is 10.8. The molecule has 3 aromatic heterocycles. The number of imidazole rings is 1. The van der Waals surface area contributed by atoms with Crippen molar-refractivity contribution in [3.05, 3.63) is 59.6 Å². The van der Waals surface area contributed by atoms with Crippen molar-refractivity contribution in [3.63, 3.8) is 0 Å². The van der Waals surface area contributed by atoms with Gasteiger partial charge in [-0.05, 0) is 57.5 Å². The predicted octanol–water partition coefficient (Wildman–Crippen LogP) is 3.56. The number of aryl methyl sites for hydroxylation is 1. The number of benzene rings is 1. The van der Waals surface area contributed by atoms with Gasteiger partial charge < -0.3 is 21.3 Å². The fourth-order valence-corrected chi connectivity index (χ4v) is 5.25. The molecule has 1 aliphatic rings. The molecule has 0 saturated carbocycles. The number of hydrogen-bond acceptors (Lipinski definition) is 8. The number of fused-ring (bicyclic) bond motifs is 1. The van der Waals surface area contributed by atoms with E-state index in [1.54, 1.807) is 19.9 Å². The summed E-state index contributed by atoms with van der Waals surface area (Å²) in [7, 11) is 0. The van der Waals surface area contributed by atoms with Crippen LogP contribution in [0.4, 0.5) is 29.1 Å². The summed E-state index contributed by atoms with van der Waals surface area (Å²) in [5.41, 5.74) is -0.865. The predicted molar refractivity (Wildman–Crippen MR) is 155 cm³/mol. The topological polar surface area (TPSA) is 154 Å². The largest absolute Gasteiger partial charge is 0.435 e. The van der Waals surface area contributed by atoms with Crippen LogP contribution in [0.25, 0.3) is 16.9 Å². The highest BCUT2D eigenvalue weighted by Crippen LogP contribution is 2.37. The van der Waals surface area contributed by atoms with E-state index >= 15 is 4.39 Å². The Morgan fingerprint density at radius 2 is 1.98 bits per heavy atom. The summed E-state index contributed by atoms with van der Waals surface area (Å²) in [4.78, 5) is 33.8. The highest BCUT2D eigenvalue weighted by atomic mass is 19.4. The Bertz CT molecular complexity index is 1750. The molecule has 2 amide bonds. The van der Waals surface area contributed by atoms with Crippen molar-refractivity contribution in [3.8, 4) is 17.3 Å². The monoisotopic (exact) mass is 626 g/mol. The number of alkyl halides is 3. The van der Waals surface area contributed by atoms with Crippen molar-refractivity contribution < 1.29 is 27.2 Å². The second kappa shape index (κ2) is 12.9. The molecular formula is C29H30F4N10O2. The minimum atomic E-state index is -4.78. The molecule has 0 radical (unpaired) electrons. The quantitative estimate of drug-likeness (QED) is 0.206. The van der Waals surface area contributed by atoms with E-state index in [2.05, 4.69) is 36.3 Å². The molecule has 5 rings (SSSR count). The summed E-state index contributed by atoms with van der Waals surface area (Å²) in [6, 6.07) is 3.94. The number of aromatic nitrogens is 5. The van der Waals surface area contributed by atoms with Gasteiger partial charge in [-0.2, -0.15) is 23.5 Å². The number of carbonyl (C=O) groups excluding carboxylic acids is 2. The molecule has 1 saturated heterocycles. The van der Waals surface area contributed by atoms with E-state index in [-0.39, 0.29) is 58.9 Å². The number of hydrogen-bond donors (Lipinski definition) is 4. The lowest BCUT2D eigenvalue weighted by Crippen LogP contribution is -2.45. The Morgan fingerprint density at radius 1 is 1.22 bits per heavy atom. The van der Waals surface area contributed by atoms with E-state index in [0.29, 0.717) is 5.56 Å². The molecule has 1 fully saturated rings. The number of rotatable bonds is 9. The molecule has 45 heavy (non-hydrogen) atoms. The highest BCUT2D eigenvalue weighted by molar-refractivity contribution is 5.96. The number of carbonyl (C=O) groups is 2. The molecule has 0 aliphatic carbocycles. The number of nitrogens with zero attached hydrogens (tertiary/aromatic N) is 6. The van der Waals surface area contributed by atoms with Gasteiger partial charge in [0, 0.05) is 42.8 Å². The molecule has 1 atom stereocenters. The fraction of sp³-hybridized carbons (Fsp3) is 0.379. The van der Waals surface area contributed by atoms with E-state index in [1.165, 1.54) is 29.1 Å². The first-order valence-corrected chi connectivity index (χ1v) is 14.2. The van der Waals surface area contributed by atoms with Crippen molar-refractivity contribution in [2.75, 3.05) is 25.0 Å². The maximum absolute atomic E-state index is 15.3. The van der Waals surface area contributed by atoms with Crippen LogP contribution in [0.3, 0.4) is 0 Å². The summed E-state index contributed by atoms with van der Waals surface area (Å²) in [5.74, 6) is -1.48. The molecule has 1 unspecified atom stereocenters. The number of nitriles is 1. The molecule has 4 aromatic rings. The summed E-state index contributed by atoms with van der Waals surface area (Å²) in [5, 5.41) is 24.1. The lowest BCUT2D eigenvalue weighted by molar-refractivity contribution is -0.141. The van der Waals surface area contributed by atoms with Crippen LogP contribution in [0.2, 0.25) is 0 Å². The molecule has 0 bridgehead atoms. The molecule has 16 heteroatoms. The molecule has 236 valence electrons. The molecular weight excluding hydrogens is 596 g/mol. The summed E-state index contributed by atoms with van der Waals surface area (Å²) < 4.78 is 58.8. The van der Waals surface area contributed by atoms with Crippen LogP contribution in [-0.4, -0.2) is 61.6 Å². The van der Waals surface area contributed by atoms with Crippen molar-refractivity contribution in [1.82, 2.24) is 40.1 Å². The van der Waals surface area contributed by atoms with Gasteiger partial charge in [-0.1, -0.05) is 0 Å². The lowest BCUT2D eigenvalue weighted by Gasteiger charge is -2.23. The number of nitrogens with one attached hydrogen (secondary N) is 4. The number of halogens is 4. The van der Waals surface area contributed by atoms with Crippen molar-refractivity contribution >= 4 is 29.0 Å². The fourth-order valence-electron chi connectivity index (χ4n) is 5.25. The average molecular weight is 627 g/mol. The van der Waals surface area contributed by atoms with Crippen molar-refractivity contribution in [2.24, 2.45) is 5.92 Å². The summed E-state index contributed by atoms with van der Waals surface area (Å²) >= 11 is 0. The third-order valence-corrected chi connectivity index (χ3v) is 7.41. The molecule has 4 N–H and O–H groups in total. The Balaban J connectivity index is 1.32. The van der Waals surface area contributed by atoms with Crippen LogP contribution < -0.4 is 21.3 Å². The minimum Gasteiger partial charge on any atom is -0.354 e. The maximum atomic E-state index is 15.3. The molecule has 1 aliphatic heterocycles. The van der Waals surface area contributed by atoms with Crippen LogP contribution >= 0.6 is 0 Å². The van der Waals surface area contributed by atoms with Gasteiger partial charge >= 0.3 is 6.18 Å². The first kappa shape index (κ1) is 31.4. The van der Waals surface area contributed by atoms with Crippen LogP contribution in [0.1, 0.15) is 41.4 Å². The average Bonchev–Trinajstić information content (AvgIpc) is 3.61. The van der Waals surface area contributed by atoms with E-state index in [0.717, 1.165) is 42.9 Å². The van der Waals surface area contributed by atoms with E-state index in [9.17, 15) is 22.8 Å². The number of piperidine rings is 1. The van der Waals surface area contributed by atoms with Gasteiger partial charge in [0.2, 0.25) is 5.91 Å². The zero-order valence-corrected chi connectivity index (χ0v) is 24.4. The molecule has 12 nitrogen and oxygen atoms in total. The molecule has 1 aromatic carbocycles. The second-order valence-corrected chi connectivity index (χ2v) is 10.8. The first-order chi connectivity index (χ1) is 21.5. The smallest absolute Gasteiger partial charge is 0.354 e. The van der Waals surface area contributed by atoms with E-state index < -0.39 is 29.6 Å². The SMILES string of the molecule is Cc1cc(Nc2nccn3c(-c4cn(CC#N)nc4C(F)(F)F)cnc23)cc(F)c1C(=O)NC(C)CNC(=O)C1CCNCC1. The number of amides is 2. The van der Waals surface area contributed by atoms with Crippen molar-refractivity contribution in [1.29, 1.82) is 5.26 Å². The van der Waals surface area contributed by atoms with Gasteiger partial charge in [0.25, 0.3) is 5.91 Å². The van der Waals surface area contributed by atoms with E-state index in [1.807, 2.05) is 0 Å². The zero-order chi connectivity index (χ0) is 32.3. The van der Waals surface area contributed by atoms with Gasteiger partial charge in [0.1, 0.15) is 12.4 Å². The normalized spacial score (nSPS) is 14.6. The lowest BCUT2D eigenvalue weighted by atomic mass is 9.97. The zero-order valence-electron chi connectivity index (χ0n) is 24.4. The third kappa shape index (κ3) is 6.88. The Hall–Kier alpha value is -5.04. The van der Waals surface area contributed by atoms with Gasteiger partial charge in [-0.3, -0.25) is 18.7 Å². The van der Waals surface area contributed by atoms with Gasteiger partial charge in [0.15, 0.2) is 17.2 Å². The standard InChI is InChI=1S/C29H30F4N10O2/c1-16-11-19(12-21(30)23(16)28(45)39-17(2)13-38-27(44)18-3-6-35-7-4-18)40-25-26-37-14-22(43(26)10-8-36-25)20-15-42(9-5-34)41-24(20)29(31,32)33/h8,10-12,14-15,17-18,35H,3-4,6-7,9,13H2,1-2H3,(H,36,40)(H,38,44)(H,39,45). The summed E-state index contributed by atoms with van der Waals surface area (Å²) in [6.45, 7) is 4.65. The third-order valence-electron chi connectivity index (χ3n) is 7.41. The van der Waals surface area contributed by atoms with Gasteiger partial charge in [-0.15, -0.1) is 0 Å². The van der Waals surface area contributed by atoms with Crippen LogP contribution in [0.15, 0.2) is 36.9 Å². The highest BCUT2D eigenvalue weighted by Gasteiger charge is 2.38.